The Morgan fingerprint density at radius 1 is 1.11 bits per heavy atom. The molecule has 13 heteroatoms. The highest BCUT2D eigenvalue weighted by Gasteiger charge is 2.28. The second kappa shape index (κ2) is 11.1. The van der Waals surface area contributed by atoms with Crippen LogP contribution in [-0.2, 0) is 14.8 Å². The number of benzene rings is 2. The maximum absolute atomic E-state index is 13.4. The summed E-state index contributed by atoms with van der Waals surface area (Å²) in [6.45, 7) is 0.835. The van der Waals surface area contributed by atoms with Gasteiger partial charge in [0.25, 0.3) is 10.0 Å². The summed E-state index contributed by atoms with van der Waals surface area (Å²) in [6, 6.07) is 14.6. The van der Waals surface area contributed by atoms with Crippen LogP contribution in [-0.4, -0.2) is 72.9 Å². The van der Waals surface area contributed by atoms with Gasteiger partial charge in [-0.3, -0.25) is 13.7 Å². The Morgan fingerprint density at radius 3 is 2.54 bits per heavy atom. The highest BCUT2D eigenvalue weighted by atomic mass is 79.9. The zero-order chi connectivity index (χ0) is 26.7. The van der Waals surface area contributed by atoms with Crippen molar-refractivity contribution in [1.82, 2.24) is 19.7 Å². The standard InChI is InChI=1S/C24H24BrClN6O4S/c1-30(2)10-8-27-22-5-6-23(29-28-22)31-9-7-16-11-19(3-4-21(16)31)32(15-24(33)34)37(35,36)20-13-17(25)12-18(26)14-20/h3-7,9,11-14H,8,10,15H2,1-2H3,(H,27,28)(H,33,34). The summed E-state index contributed by atoms with van der Waals surface area (Å²) in [6.07, 6.45) is 1.79. The van der Waals surface area contributed by atoms with E-state index in [9.17, 15) is 18.3 Å². The predicted octanol–water partition coefficient (Wildman–Crippen LogP) is 4.09. The molecule has 2 N–H and O–H groups in total. The molecule has 0 aliphatic rings. The summed E-state index contributed by atoms with van der Waals surface area (Å²) in [5, 5.41) is 22.1. The minimum absolute atomic E-state index is 0.125. The van der Waals surface area contributed by atoms with Crippen LogP contribution >= 0.6 is 27.5 Å². The van der Waals surface area contributed by atoms with Crippen molar-refractivity contribution >= 4 is 65.9 Å². The number of nitrogens with one attached hydrogen (secondary N) is 1. The lowest BCUT2D eigenvalue weighted by Gasteiger charge is -2.23. The van der Waals surface area contributed by atoms with E-state index in [4.69, 9.17) is 11.6 Å². The Balaban J connectivity index is 1.66. The van der Waals surface area contributed by atoms with Crippen molar-refractivity contribution in [3.63, 3.8) is 0 Å². The van der Waals surface area contributed by atoms with Gasteiger partial charge in [-0.1, -0.05) is 27.5 Å². The summed E-state index contributed by atoms with van der Waals surface area (Å²) in [4.78, 5) is 13.5. The van der Waals surface area contributed by atoms with Crippen molar-refractivity contribution in [3.05, 3.63) is 70.3 Å². The average molecular weight is 608 g/mol. The second-order valence-electron chi connectivity index (χ2n) is 8.45. The number of hydrogen-bond acceptors (Lipinski definition) is 7. The van der Waals surface area contributed by atoms with Gasteiger partial charge in [-0.2, -0.15) is 0 Å². The zero-order valence-corrected chi connectivity index (χ0v) is 23.1. The number of sulfonamides is 1. The Hall–Kier alpha value is -3.19. The Kier molecular flexibility index (Phi) is 8.02. The van der Waals surface area contributed by atoms with E-state index in [2.05, 4.69) is 36.3 Å². The fourth-order valence-corrected chi connectivity index (χ4v) is 6.24. The molecule has 0 saturated heterocycles. The summed E-state index contributed by atoms with van der Waals surface area (Å²) in [5.41, 5.74) is 0.958. The number of halogens is 2. The van der Waals surface area contributed by atoms with E-state index in [0.717, 1.165) is 22.9 Å². The number of carbonyl (C=O) groups is 1. The van der Waals surface area contributed by atoms with E-state index < -0.39 is 22.5 Å². The second-order valence-corrected chi connectivity index (χ2v) is 11.7. The van der Waals surface area contributed by atoms with E-state index in [-0.39, 0.29) is 15.6 Å². The molecule has 0 radical (unpaired) electrons. The Morgan fingerprint density at radius 2 is 1.89 bits per heavy atom. The molecule has 0 fully saturated rings. The number of fused-ring (bicyclic) bond motifs is 1. The fourth-order valence-electron chi connectivity index (χ4n) is 3.68. The quantitative estimate of drug-likeness (QED) is 0.277. The molecule has 2 heterocycles. The highest BCUT2D eigenvalue weighted by Crippen LogP contribution is 2.31. The molecule has 194 valence electrons. The number of carboxylic acid groups (broad SMARTS) is 1. The normalized spacial score (nSPS) is 11.7. The third kappa shape index (κ3) is 6.21. The molecule has 0 saturated carbocycles. The lowest BCUT2D eigenvalue weighted by atomic mass is 10.2. The minimum Gasteiger partial charge on any atom is -0.480 e. The number of carboxylic acids is 1. The SMILES string of the molecule is CN(C)CCNc1ccc(-n2ccc3cc(N(CC(=O)O)S(=O)(=O)c4cc(Cl)cc(Br)c4)ccc32)nn1. The number of hydrogen-bond donors (Lipinski definition) is 2. The van der Waals surface area contributed by atoms with Gasteiger partial charge in [0, 0.05) is 34.2 Å². The van der Waals surface area contributed by atoms with Crippen LogP contribution in [0.15, 0.2) is 70.2 Å². The van der Waals surface area contributed by atoms with Crippen molar-refractivity contribution in [3.8, 4) is 5.82 Å². The summed E-state index contributed by atoms with van der Waals surface area (Å²) < 4.78 is 30.0. The van der Waals surface area contributed by atoms with Crippen molar-refractivity contribution < 1.29 is 18.3 Å². The molecule has 2 aromatic heterocycles. The molecule has 2 aromatic carbocycles. The van der Waals surface area contributed by atoms with Crippen LogP contribution in [0, 0.1) is 0 Å². The first-order chi connectivity index (χ1) is 17.5. The summed E-state index contributed by atoms with van der Waals surface area (Å²) in [7, 11) is -0.244. The molecule has 0 amide bonds. The van der Waals surface area contributed by atoms with Gasteiger partial charge in [0.2, 0.25) is 0 Å². The van der Waals surface area contributed by atoms with Crippen molar-refractivity contribution in [2.75, 3.05) is 43.4 Å². The first-order valence-electron chi connectivity index (χ1n) is 11.1. The van der Waals surface area contributed by atoms with Crippen LogP contribution in [0.4, 0.5) is 11.5 Å². The zero-order valence-electron chi connectivity index (χ0n) is 20.0. The van der Waals surface area contributed by atoms with Crippen molar-refractivity contribution in [2.45, 2.75) is 4.90 Å². The van der Waals surface area contributed by atoms with Crippen LogP contribution in [0.25, 0.3) is 16.7 Å². The topological polar surface area (TPSA) is 121 Å². The fraction of sp³-hybridized carbons (Fsp3) is 0.208. The van der Waals surface area contributed by atoms with Crippen LogP contribution in [0.5, 0.6) is 0 Å². The average Bonchev–Trinajstić information content (AvgIpc) is 3.25. The molecule has 0 aliphatic carbocycles. The van der Waals surface area contributed by atoms with E-state index >= 15 is 0 Å². The minimum atomic E-state index is -4.23. The van der Waals surface area contributed by atoms with Gasteiger partial charge in [-0.25, -0.2) is 8.42 Å². The van der Waals surface area contributed by atoms with Gasteiger partial charge >= 0.3 is 5.97 Å². The molecule has 0 aliphatic heterocycles. The van der Waals surface area contributed by atoms with E-state index in [0.29, 0.717) is 21.5 Å². The number of nitrogens with zero attached hydrogens (tertiary/aromatic N) is 5. The predicted molar refractivity (Wildman–Crippen MR) is 147 cm³/mol. The third-order valence-electron chi connectivity index (χ3n) is 5.43. The molecular weight excluding hydrogens is 584 g/mol. The highest BCUT2D eigenvalue weighted by molar-refractivity contribution is 9.10. The first-order valence-corrected chi connectivity index (χ1v) is 13.7. The molecule has 0 spiro atoms. The Bertz CT molecular complexity index is 1520. The van der Waals surface area contributed by atoms with Crippen LogP contribution in [0.3, 0.4) is 0 Å². The smallest absolute Gasteiger partial charge is 0.324 e. The van der Waals surface area contributed by atoms with Gasteiger partial charge in [0.1, 0.15) is 12.4 Å². The van der Waals surface area contributed by atoms with Gasteiger partial charge in [0.05, 0.1) is 16.1 Å². The van der Waals surface area contributed by atoms with Gasteiger partial charge < -0.3 is 15.3 Å². The van der Waals surface area contributed by atoms with Crippen LogP contribution < -0.4 is 9.62 Å². The molecular formula is C24H24BrClN6O4S. The number of aliphatic carboxylic acids is 1. The van der Waals surface area contributed by atoms with E-state index in [1.54, 1.807) is 36.5 Å². The van der Waals surface area contributed by atoms with Gasteiger partial charge in [-0.15, -0.1) is 10.2 Å². The van der Waals surface area contributed by atoms with E-state index in [1.165, 1.54) is 12.1 Å². The maximum Gasteiger partial charge on any atom is 0.324 e. The summed E-state index contributed by atoms with van der Waals surface area (Å²) >= 11 is 9.29. The number of anilines is 2. The molecule has 0 bridgehead atoms. The number of aromatic nitrogens is 3. The Labute approximate surface area is 227 Å². The molecule has 0 unspecified atom stereocenters. The van der Waals surface area contributed by atoms with Crippen molar-refractivity contribution in [2.24, 2.45) is 0 Å². The molecule has 37 heavy (non-hydrogen) atoms. The molecule has 4 aromatic rings. The van der Waals surface area contributed by atoms with Crippen LogP contribution in [0.1, 0.15) is 0 Å². The van der Waals surface area contributed by atoms with E-state index in [1.807, 2.05) is 30.8 Å². The largest absolute Gasteiger partial charge is 0.480 e. The lowest BCUT2D eigenvalue weighted by molar-refractivity contribution is -0.135. The third-order valence-corrected chi connectivity index (χ3v) is 7.85. The lowest BCUT2D eigenvalue weighted by Crippen LogP contribution is -2.35. The monoisotopic (exact) mass is 606 g/mol. The molecule has 10 nitrogen and oxygen atoms in total. The van der Waals surface area contributed by atoms with Crippen LogP contribution in [0.2, 0.25) is 5.02 Å². The first kappa shape index (κ1) is 26.9. The summed E-state index contributed by atoms with van der Waals surface area (Å²) in [5.74, 6) is -0.0527. The maximum atomic E-state index is 13.4. The molecule has 0 atom stereocenters. The van der Waals surface area contributed by atoms with Gasteiger partial charge in [0.15, 0.2) is 5.82 Å². The van der Waals surface area contributed by atoms with Crippen molar-refractivity contribution in [1.29, 1.82) is 0 Å². The van der Waals surface area contributed by atoms with Gasteiger partial charge in [-0.05, 0) is 68.7 Å². The molecule has 4 rings (SSSR count). The number of likely N-dealkylation sites (N-methyl/N-ethyl adjacent to an activating group) is 1. The number of rotatable bonds is 10.